The third kappa shape index (κ3) is 2.65. The Morgan fingerprint density at radius 2 is 2.00 bits per heavy atom. The van der Waals surface area contributed by atoms with E-state index in [4.69, 9.17) is 15.6 Å². The number of aryl methyl sites for hydroxylation is 1. The number of nitrogen functional groups attached to an aromatic ring is 1. The van der Waals surface area contributed by atoms with Gasteiger partial charge in [0.15, 0.2) is 5.75 Å². The molecule has 4 nitrogen and oxygen atoms in total. The number of rotatable bonds is 3. The Kier molecular flexibility index (Phi) is 3.37. The van der Waals surface area contributed by atoms with Crippen molar-refractivity contribution in [3.05, 3.63) is 53.3 Å². The van der Waals surface area contributed by atoms with Crippen molar-refractivity contribution < 1.29 is 19.0 Å². The minimum atomic E-state index is -1.13. The number of carboxylic acid groups (broad SMARTS) is 1. The first-order chi connectivity index (χ1) is 8.99. The third-order valence-corrected chi connectivity index (χ3v) is 2.65. The van der Waals surface area contributed by atoms with E-state index in [-0.39, 0.29) is 22.8 Å². The molecule has 2 rings (SSSR count). The fraction of sp³-hybridized carbons (Fsp3) is 0.0714. The summed E-state index contributed by atoms with van der Waals surface area (Å²) >= 11 is 0. The normalized spacial score (nSPS) is 10.2. The summed E-state index contributed by atoms with van der Waals surface area (Å²) in [6.45, 7) is 1.69. The highest BCUT2D eigenvalue weighted by molar-refractivity contribution is 5.95. The maximum Gasteiger partial charge on any atom is 0.337 e. The number of para-hydroxylation sites is 1. The van der Waals surface area contributed by atoms with E-state index in [0.29, 0.717) is 11.3 Å². The lowest BCUT2D eigenvalue weighted by atomic mass is 10.1. The van der Waals surface area contributed by atoms with E-state index in [2.05, 4.69) is 0 Å². The number of halogens is 1. The zero-order valence-corrected chi connectivity index (χ0v) is 10.2. The average Bonchev–Trinajstić information content (AvgIpc) is 2.34. The van der Waals surface area contributed by atoms with Crippen LogP contribution in [0.5, 0.6) is 11.5 Å². The van der Waals surface area contributed by atoms with Crippen LogP contribution in [0.1, 0.15) is 15.9 Å². The molecule has 98 valence electrons. The monoisotopic (exact) mass is 261 g/mol. The fourth-order valence-electron chi connectivity index (χ4n) is 1.67. The van der Waals surface area contributed by atoms with Gasteiger partial charge in [0.1, 0.15) is 11.6 Å². The van der Waals surface area contributed by atoms with Crippen LogP contribution in [-0.2, 0) is 0 Å². The van der Waals surface area contributed by atoms with Crippen molar-refractivity contribution >= 4 is 11.7 Å². The molecule has 3 N–H and O–H groups in total. The van der Waals surface area contributed by atoms with Crippen LogP contribution in [0.2, 0.25) is 0 Å². The quantitative estimate of drug-likeness (QED) is 0.832. The van der Waals surface area contributed by atoms with Crippen molar-refractivity contribution in [3.8, 4) is 11.5 Å². The van der Waals surface area contributed by atoms with E-state index >= 15 is 0 Å². The average molecular weight is 261 g/mol. The van der Waals surface area contributed by atoms with Crippen LogP contribution in [0.15, 0.2) is 36.4 Å². The summed E-state index contributed by atoms with van der Waals surface area (Å²) in [4.78, 5) is 11.0. The second-order valence-electron chi connectivity index (χ2n) is 4.03. The van der Waals surface area contributed by atoms with E-state index in [1.807, 2.05) is 0 Å². The van der Waals surface area contributed by atoms with Gasteiger partial charge in [-0.1, -0.05) is 6.07 Å². The molecule has 0 atom stereocenters. The summed E-state index contributed by atoms with van der Waals surface area (Å²) in [5.41, 5.74) is 6.34. The van der Waals surface area contributed by atoms with Crippen molar-refractivity contribution in [1.29, 1.82) is 0 Å². The molecule has 0 unspecified atom stereocenters. The van der Waals surface area contributed by atoms with Crippen molar-refractivity contribution in [3.63, 3.8) is 0 Å². The van der Waals surface area contributed by atoms with E-state index in [0.717, 1.165) is 0 Å². The molecule has 0 heterocycles. The van der Waals surface area contributed by atoms with Gasteiger partial charge in [0, 0.05) is 0 Å². The molecule has 0 spiro atoms. The molecule has 0 saturated carbocycles. The van der Waals surface area contributed by atoms with Gasteiger partial charge >= 0.3 is 5.97 Å². The van der Waals surface area contributed by atoms with Crippen molar-refractivity contribution in [2.75, 3.05) is 5.73 Å². The molecule has 0 saturated heterocycles. The number of hydrogen-bond donors (Lipinski definition) is 2. The van der Waals surface area contributed by atoms with E-state index in [9.17, 15) is 9.18 Å². The van der Waals surface area contributed by atoms with Crippen LogP contribution >= 0.6 is 0 Å². The molecule has 0 bridgehead atoms. The number of ether oxygens (including phenoxy) is 1. The number of benzene rings is 2. The van der Waals surface area contributed by atoms with E-state index < -0.39 is 5.97 Å². The van der Waals surface area contributed by atoms with Gasteiger partial charge in [0.05, 0.1) is 11.3 Å². The number of carbonyl (C=O) groups is 1. The third-order valence-electron chi connectivity index (χ3n) is 2.65. The molecular weight excluding hydrogens is 249 g/mol. The summed E-state index contributed by atoms with van der Waals surface area (Å²) in [6.07, 6.45) is 0. The number of hydrogen-bond acceptors (Lipinski definition) is 3. The topological polar surface area (TPSA) is 72.5 Å². The van der Waals surface area contributed by atoms with Crippen LogP contribution in [0.4, 0.5) is 10.1 Å². The van der Waals surface area contributed by atoms with Crippen LogP contribution in [-0.4, -0.2) is 11.1 Å². The van der Waals surface area contributed by atoms with Gasteiger partial charge in [-0.2, -0.15) is 0 Å². The van der Waals surface area contributed by atoms with Crippen molar-refractivity contribution in [2.45, 2.75) is 6.92 Å². The lowest BCUT2D eigenvalue weighted by Gasteiger charge is -2.12. The Balaban J connectivity index is 2.38. The van der Waals surface area contributed by atoms with Gasteiger partial charge in [-0.3, -0.25) is 0 Å². The summed E-state index contributed by atoms with van der Waals surface area (Å²) in [6, 6.07) is 8.55. The van der Waals surface area contributed by atoms with Gasteiger partial charge in [-0.25, -0.2) is 9.18 Å². The Bertz CT molecular complexity index is 641. The maximum atomic E-state index is 13.0. The van der Waals surface area contributed by atoms with Crippen molar-refractivity contribution in [2.24, 2.45) is 0 Å². The van der Waals surface area contributed by atoms with Crippen LogP contribution in [0.25, 0.3) is 0 Å². The van der Waals surface area contributed by atoms with Crippen LogP contribution < -0.4 is 10.5 Å². The minimum absolute atomic E-state index is 0.0303. The molecule has 2 aromatic rings. The number of aromatic carboxylic acids is 1. The van der Waals surface area contributed by atoms with Crippen LogP contribution in [0, 0.1) is 12.7 Å². The van der Waals surface area contributed by atoms with Crippen LogP contribution in [0.3, 0.4) is 0 Å². The molecular formula is C14H12FNO3. The summed E-state index contributed by atoms with van der Waals surface area (Å²) < 4.78 is 18.5. The zero-order valence-electron chi connectivity index (χ0n) is 10.2. The van der Waals surface area contributed by atoms with Gasteiger partial charge in [-0.05, 0) is 42.8 Å². The molecule has 0 aliphatic rings. The Hall–Kier alpha value is -2.56. The number of anilines is 1. The molecule has 0 amide bonds. The van der Waals surface area contributed by atoms with Crippen molar-refractivity contribution in [1.82, 2.24) is 0 Å². The molecule has 5 heteroatoms. The maximum absolute atomic E-state index is 13.0. The predicted molar refractivity (Wildman–Crippen MR) is 69.0 cm³/mol. The van der Waals surface area contributed by atoms with Gasteiger partial charge in [0.2, 0.25) is 0 Å². The second-order valence-corrected chi connectivity index (χ2v) is 4.03. The first kappa shape index (κ1) is 12.9. The molecule has 19 heavy (non-hydrogen) atoms. The number of nitrogens with two attached hydrogens (primary N) is 1. The molecule has 0 aromatic heterocycles. The molecule has 0 aliphatic carbocycles. The van der Waals surface area contributed by atoms with E-state index in [1.54, 1.807) is 13.0 Å². The number of carboxylic acids is 1. The molecule has 0 aliphatic heterocycles. The highest BCUT2D eigenvalue weighted by Crippen LogP contribution is 2.31. The Labute approximate surface area is 109 Å². The smallest absolute Gasteiger partial charge is 0.337 e. The molecule has 0 radical (unpaired) electrons. The summed E-state index contributed by atoms with van der Waals surface area (Å²) in [5, 5.41) is 8.96. The first-order valence-electron chi connectivity index (χ1n) is 5.55. The summed E-state index contributed by atoms with van der Waals surface area (Å²) in [7, 11) is 0. The molecule has 0 fully saturated rings. The minimum Gasteiger partial charge on any atom is -0.478 e. The predicted octanol–water partition coefficient (Wildman–Crippen LogP) is 3.21. The Morgan fingerprint density at radius 3 is 2.63 bits per heavy atom. The largest absolute Gasteiger partial charge is 0.478 e. The Morgan fingerprint density at radius 1 is 1.26 bits per heavy atom. The van der Waals surface area contributed by atoms with Gasteiger partial charge in [-0.15, -0.1) is 0 Å². The molecule has 2 aromatic carbocycles. The standard InChI is InChI=1S/C14H12FNO3/c1-8-7-9(15)5-6-11(8)19-12-4-2-3-10(13(12)16)14(17)18/h2-7H,16H2,1H3,(H,17,18). The first-order valence-corrected chi connectivity index (χ1v) is 5.55. The van der Waals surface area contributed by atoms with E-state index in [1.165, 1.54) is 30.3 Å². The SMILES string of the molecule is Cc1cc(F)ccc1Oc1cccc(C(=O)O)c1N. The highest BCUT2D eigenvalue weighted by Gasteiger charge is 2.13. The zero-order chi connectivity index (χ0) is 14.0. The fourth-order valence-corrected chi connectivity index (χ4v) is 1.67. The van der Waals surface area contributed by atoms with Gasteiger partial charge < -0.3 is 15.6 Å². The lowest BCUT2D eigenvalue weighted by molar-refractivity contribution is 0.0697. The lowest BCUT2D eigenvalue weighted by Crippen LogP contribution is -2.04. The highest BCUT2D eigenvalue weighted by atomic mass is 19.1. The second kappa shape index (κ2) is 4.97. The summed E-state index contributed by atoms with van der Waals surface area (Å²) in [5.74, 6) is -0.832. The van der Waals surface area contributed by atoms with Gasteiger partial charge in [0.25, 0.3) is 0 Å².